The second-order valence-corrected chi connectivity index (χ2v) is 11.1. The maximum atomic E-state index is 13.3. The highest BCUT2D eigenvalue weighted by Crippen LogP contribution is 2.28. The lowest BCUT2D eigenvalue weighted by Gasteiger charge is -2.32. The van der Waals surface area contributed by atoms with Crippen LogP contribution in [0.2, 0.25) is 0 Å². The Labute approximate surface area is 261 Å². The van der Waals surface area contributed by atoms with Crippen LogP contribution in [-0.4, -0.2) is 68.8 Å². The van der Waals surface area contributed by atoms with Crippen LogP contribution in [0.1, 0.15) is 51.7 Å². The highest BCUT2D eigenvalue weighted by Gasteiger charge is 2.24. The minimum Gasteiger partial charge on any atom is -0.394 e. The van der Waals surface area contributed by atoms with Gasteiger partial charge < -0.3 is 29.9 Å². The van der Waals surface area contributed by atoms with Crippen molar-refractivity contribution < 1.29 is 19.4 Å². The van der Waals surface area contributed by atoms with E-state index in [4.69, 9.17) is 4.74 Å². The Hall–Kier alpha value is -4.87. The molecule has 0 saturated carbocycles. The van der Waals surface area contributed by atoms with Crippen LogP contribution in [0.25, 0.3) is 11.3 Å². The number of nitrogens with one attached hydrogen (secondary N) is 2. The zero-order valence-corrected chi connectivity index (χ0v) is 25.7. The number of aromatic nitrogens is 3. The van der Waals surface area contributed by atoms with E-state index in [0.717, 1.165) is 36.1 Å². The number of unbranched alkanes of at least 4 members (excludes halogenated alkanes) is 1. The van der Waals surface area contributed by atoms with Gasteiger partial charge in [0.05, 0.1) is 36.3 Å². The monoisotopic (exact) mass is 610 g/mol. The number of aliphatic hydroxyl groups excluding tert-OH is 1. The summed E-state index contributed by atoms with van der Waals surface area (Å²) in [4.78, 5) is 50.0. The van der Waals surface area contributed by atoms with Gasteiger partial charge in [0, 0.05) is 55.0 Å². The first-order valence-corrected chi connectivity index (χ1v) is 15.1. The fourth-order valence-corrected chi connectivity index (χ4v) is 5.27. The number of pyridine rings is 1. The number of rotatable bonds is 10. The average Bonchev–Trinajstić information content (AvgIpc) is 3.06. The van der Waals surface area contributed by atoms with Crippen LogP contribution in [0.4, 0.5) is 17.2 Å². The molecule has 45 heavy (non-hydrogen) atoms. The molecule has 11 nitrogen and oxygen atoms in total. The first-order chi connectivity index (χ1) is 21.8. The van der Waals surface area contributed by atoms with Crippen molar-refractivity contribution in [3.8, 4) is 11.3 Å². The molecule has 0 radical (unpaired) electrons. The number of carbonyl (C=O) groups excluding carboxylic acids is 2. The molecule has 1 aliphatic rings. The van der Waals surface area contributed by atoms with Gasteiger partial charge in [0.2, 0.25) is 0 Å². The molecule has 3 N–H and O–H groups in total. The van der Waals surface area contributed by atoms with Gasteiger partial charge in [-0.2, -0.15) is 0 Å². The Bertz CT molecular complexity index is 1740. The molecule has 0 bridgehead atoms. The molecule has 2 aromatic heterocycles. The number of anilines is 3. The van der Waals surface area contributed by atoms with Gasteiger partial charge in [-0.15, -0.1) is 0 Å². The van der Waals surface area contributed by atoms with Gasteiger partial charge >= 0.3 is 0 Å². The zero-order valence-electron chi connectivity index (χ0n) is 25.7. The van der Waals surface area contributed by atoms with Crippen LogP contribution in [0, 0.1) is 6.92 Å². The van der Waals surface area contributed by atoms with Gasteiger partial charge in [-0.1, -0.05) is 25.5 Å². The number of morpholine rings is 1. The Morgan fingerprint density at radius 3 is 2.67 bits per heavy atom. The number of hydrogen-bond acceptors (Lipinski definition) is 8. The van der Waals surface area contributed by atoms with Crippen LogP contribution >= 0.6 is 0 Å². The highest BCUT2D eigenvalue weighted by atomic mass is 16.5. The summed E-state index contributed by atoms with van der Waals surface area (Å²) in [6, 6.07) is 15.9. The molecule has 1 saturated heterocycles. The van der Waals surface area contributed by atoms with Crippen LogP contribution in [0.15, 0.2) is 71.8 Å². The fourth-order valence-electron chi connectivity index (χ4n) is 5.27. The number of aryl methyl sites for hydroxylation is 2. The van der Waals surface area contributed by atoms with E-state index in [1.807, 2.05) is 25.1 Å². The largest absolute Gasteiger partial charge is 0.394 e. The highest BCUT2D eigenvalue weighted by molar-refractivity contribution is 6.05. The lowest BCUT2D eigenvalue weighted by atomic mass is 10.0. The predicted molar refractivity (Wildman–Crippen MR) is 173 cm³/mol. The summed E-state index contributed by atoms with van der Waals surface area (Å²) < 4.78 is 6.90. The molecular formula is C34H38N6O5. The van der Waals surface area contributed by atoms with E-state index in [9.17, 15) is 19.5 Å². The second-order valence-electron chi connectivity index (χ2n) is 11.1. The summed E-state index contributed by atoms with van der Waals surface area (Å²) in [6.45, 7) is 5.02. The third kappa shape index (κ3) is 7.27. The number of hydrogen-bond donors (Lipinski definition) is 3. The Balaban J connectivity index is 1.35. The van der Waals surface area contributed by atoms with E-state index >= 15 is 0 Å². The molecular weight excluding hydrogens is 572 g/mol. The van der Waals surface area contributed by atoms with E-state index in [2.05, 4.69) is 27.5 Å². The summed E-state index contributed by atoms with van der Waals surface area (Å²) in [6.07, 6.45) is 5.67. The quantitative estimate of drug-likeness (QED) is 0.241. The minimum atomic E-state index is -0.386. The average molecular weight is 611 g/mol. The second kappa shape index (κ2) is 14.3. The van der Waals surface area contributed by atoms with E-state index < -0.39 is 0 Å². The van der Waals surface area contributed by atoms with Crippen molar-refractivity contribution in [3.63, 3.8) is 0 Å². The van der Waals surface area contributed by atoms with Gasteiger partial charge in [-0.05, 0) is 67.8 Å². The molecule has 1 unspecified atom stereocenters. The van der Waals surface area contributed by atoms with Crippen molar-refractivity contribution >= 4 is 29.0 Å². The number of ether oxygens (including phenoxy) is 1. The fraction of sp³-hybridized carbons (Fsp3) is 0.324. The van der Waals surface area contributed by atoms with Gasteiger partial charge in [0.15, 0.2) is 5.82 Å². The van der Waals surface area contributed by atoms with E-state index in [1.54, 1.807) is 60.7 Å². The molecule has 1 atom stereocenters. The lowest BCUT2D eigenvalue weighted by Crippen LogP contribution is -2.46. The molecule has 4 aromatic rings. The van der Waals surface area contributed by atoms with Crippen molar-refractivity contribution in [2.45, 2.75) is 39.2 Å². The first kappa shape index (κ1) is 31.6. The summed E-state index contributed by atoms with van der Waals surface area (Å²) in [5, 5.41) is 15.5. The molecule has 2 aromatic carbocycles. The minimum absolute atomic E-state index is 0.123. The summed E-state index contributed by atoms with van der Waals surface area (Å²) in [5.74, 6) is -0.255. The molecule has 0 aliphatic carbocycles. The number of aliphatic hydroxyl groups is 1. The maximum Gasteiger partial charge on any atom is 0.293 e. The van der Waals surface area contributed by atoms with Crippen LogP contribution in [0.3, 0.4) is 0 Å². The summed E-state index contributed by atoms with van der Waals surface area (Å²) >= 11 is 0. The molecule has 1 fully saturated rings. The van der Waals surface area contributed by atoms with Gasteiger partial charge in [-0.25, -0.2) is 4.98 Å². The van der Waals surface area contributed by atoms with E-state index in [0.29, 0.717) is 47.9 Å². The predicted octanol–water partition coefficient (Wildman–Crippen LogP) is 4.32. The van der Waals surface area contributed by atoms with Gasteiger partial charge in [0.25, 0.3) is 17.4 Å². The molecule has 1 aliphatic heterocycles. The van der Waals surface area contributed by atoms with Crippen LogP contribution in [0.5, 0.6) is 0 Å². The molecule has 2 amide bonds. The first-order valence-electron chi connectivity index (χ1n) is 15.1. The van der Waals surface area contributed by atoms with E-state index in [-0.39, 0.29) is 35.9 Å². The number of carbonyl (C=O) groups is 2. The molecule has 3 heterocycles. The number of amides is 2. The standard InChI is InChI=1S/C34H38N6O5/c1-4-5-10-29-27(9-7-16-35-29)32(42)38-28-11-6-8-26(22(28)2)30-20-39(3)34(44)31(37-30)36-24-14-12-23(13-15-24)33(43)40-17-18-45-25(19-40)21-41/h6-9,11-16,20,25,41H,4-5,10,17-19,21H2,1-3H3,(H,36,37)(H,38,42). The third-order valence-corrected chi connectivity index (χ3v) is 7.86. The zero-order chi connectivity index (χ0) is 31.9. The summed E-state index contributed by atoms with van der Waals surface area (Å²) in [7, 11) is 1.66. The SMILES string of the molecule is CCCCc1ncccc1C(=O)Nc1cccc(-c2cn(C)c(=O)c(Nc3ccc(C(=O)N4CCOC(CO)C4)cc3)n2)c1C. The normalized spacial score (nSPS) is 14.7. The molecule has 0 spiro atoms. The van der Waals surface area contributed by atoms with Crippen molar-refractivity contribution in [1.29, 1.82) is 0 Å². The van der Waals surface area contributed by atoms with Crippen LogP contribution < -0.4 is 16.2 Å². The molecule has 234 valence electrons. The smallest absolute Gasteiger partial charge is 0.293 e. The molecule has 5 rings (SSSR count). The van der Waals surface area contributed by atoms with Gasteiger partial charge in [-0.3, -0.25) is 19.4 Å². The van der Waals surface area contributed by atoms with Crippen molar-refractivity contribution in [3.05, 3.63) is 99.7 Å². The molecule has 11 heteroatoms. The third-order valence-electron chi connectivity index (χ3n) is 7.86. The van der Waals surface area contributed by atoms with Crippen molar-refractivity contribution in [2.75, 3.05) is 36.9 Å². The number of benzene rings is 2. The topological polar surface area (TPSA) is 139 Å². The Kier molecular flexibility index (Phi) is 10.0. The maximum absolute atomic E-state index is 13.3. The van der Waals surface area contributed by atoms with Crippen LogP contribution in [-0.2, 0) is 18.2 Å². The van der Waals surface area contributed by atoms with Crippen molar-refractivity contribution in [1.82, 2.24) is 19.4 Å². The number of nitrogens with zero attached hydrogens (tertiary/aromatic N) is 4. The van der Waals surface area contributed by atoms with E-state index in [1.165, 1.54) is 4.57 Å². The van der Waals surface area contributed by atoms with Crippen molar-refractivity contribution in [2.24, 2.45) is 7.05 Å². The summed E-state index contributed by atoms with van der Waals surface area (Å²) in [5.41, 5.74) is 4.84. The van der Waals surface area contributed by atoms with Gasteiger partial charge in [0.1, 0.15) is 0 Å². The Morgan fingerprint density at radius 1 is 1.11 bits per heavy atom. The lowest BCUT2D eigenvalue weighted by molar-refractivity contribution is -0.0447. The Morgan fingerprint density at radius 2 is 1.91 bits per heavy atom.